The van der Waals surface area contributed by atoms with E-state index in [1.54, 1.807) is 54.2 Å². The van der Waals surface area contributed by atoms with Gasteiger partial charge in [0.2, 0.25) is 5.91 Å². The predicted octanol–water partition coefficient (Wildman–Crippen LogP) is 4.88. The molecule has 12 heteroatoms. The molecule has 4 aromatic rings. The molecule has 2 N–H and O–H groups in total. The first kappa shape index (κ1) is 26.7. The Morgan fingerprint density at radius 2 is 2.03 bits per heavy atom. The molecule has 0 saturated heterocycles. The second kappa shape index (κ2) is 11.4. The molecular formula is C26H24N5O6P. The Bertz CT molecular complexity index is 1610. The number of amides is 1. The highest BCUT2D eigenvalue weighted by Gasteiger charge is 2.22. The second-order valence-electron chi connectivity index (χ2n) is 7.94. The number of phosphoric acid groups is 1. The third-order valence-corrected chi connectivity index (χ3v) is 6.51. The molecule has 0 fully saturated rings. The van der Waals surface area contributed by atoms with Gasteiger partial charge in [-0.25, -0.2) is 14.5 Å². The molecule has 0 bridgehead atoms. The van der Waals surface area contributed by atoms with Gasteiger partial charge in [-0.05, 0) is 54.5 Å². The third-order valence-electron chi connectivity index (χ3n) is 5.48. The minimum atomic E-state index is -4.25. The van der Waals surface area contributed by atoms with Crippen LogP contribution in [-0.4, -0.2) is 39.1 Å². The van der Waals surface area contributed by atoms with E-state index < -0.39 is 7.82 Å². The number of pyridine rings is 2. The molecule has 4 rings (SSSR count). The lowest BCUT2D eigenvalue weighted by Crippen LogP contribution is -2.07. The number of carbonyl (C=O) groups excluding carboxylic acids is 1. The molecule has 0 aliphatic carbocycles. The molecule has 0 spiro atoms. The summed E-state index contributed by atoms with van der Waals surface area (Å²) >= 11 is 0. The standard InChI is InChI=1S/C26H24N5O6P/c1-4-25(32)30-20-9-18(10-22(12-20)35-3)19-11-23-24(17-6-7-28-21(8-17)13-27)15-31(26(23)29-14-19)16-37-38(33,34)36-5-2/h4,6-12,14-15H,1,5,16H2,2-3H3,(H,30,32)(H,33,34). The van der Waals surface area contributed by atoms with Crippen molar-refractivity contribution in [2.24, 2.45) is 0 Å². The molecule has 3 heterocycles. The Labute approximate surface area is 218 Å². The molecule has 1 aromatic carbocycles. The number of aromatic nitrogens is 3. The Morgan fingerprint density at radius 3 is 2.74 bits per heavy atom. The van der Waals surface area contributed by atoms with Crippen molar-refractivity contribution in [2.75, 3.05) is 19.0 Å². The third kappa shape index (κ3) is 5.96. The second-order valence-corrected chi connectivity index (χ2v) is 9.39. The van der Waals surface area contributed by atoms with Crippen LogP contribution in [0.5, 0.6) is 5.75 Å². The average molecular weight is 533 g/mol. The predicted molar refractivity (Wildman–Crippen MR) is 141 cm³/mol. The van der Waals surface area contributed by atoms with Crippen molar-refractivity contribution in [1.82, 2.24) is 14.5 Å². The number of anilines is 1. The summed E-state index contributed by atoms with van der Waals surface area (Å²) in [6.45, 7) is 4.77. The first-order chi connectivity index (χ1) is 18.3. The number of nitrogens with one attached hydrogen (secondary N) is 1. The van der Waals surface area contributed by atoms with E-state index >= 15 is 0 Å². The van der Waals surface area contributed by atoms with Crippen LogP contribution in [0.2, 0.25) is 0 Å². The molecule has 0 aliphatic rings. The van der Waals surface area contributed by atoms with E-state index in [-0.39, 0.29) is 24.9 Å². The van der Waals surface area contributed by atoms with E-state index in [0.29, 0.717) is 39.2 Å². The van der Waals surface area contributed by atoms with Gasteiger partial charge in [0.05, 0.1) is 13.7 Å². The fraction of sp³-hybridized carbons (Fsp3) is 0.154. The lowest BCUT2D eigenvalue weighted by atomic mass is 10.0. The number of hydrogen-bond donors (Lipinski definition) is 2. The van der Waals surface area contributed by atoms with E-state index in [0.717, 1.165) is 5.56 Å². The van der Waals surface area contributed by atoms with E-state index in [2.05, 4.69) is 21.9 Å². The average Bonchev–Trinajstić information content (AvgIpc) is 3.29. The van der Waals surface area contributed by atoms with Crippen molar-refractivity contribution < 1.29 is 28.0 Å². The topological polar surface area (TPSA) is 149 Å². The first-order valence-corrected chi connectivity index (χ1v) is 12.9. The van der Waals surface area contributed by atoms with E-state index in [4.69, 9.17) is 13.8 Å². The van der Waals surface area contributed by atoms with Gasteiger partial charge in [-0.15, -0.1) is 0 Å². The highest BCUT2D eigenvalue weighted by atomic mass is 31.2. The molecule has 11 nitrogen and oxygen atoms in total. The molecule has 0 saturated carbocycles. The Kier molecular flexibility index (Phi) is 8.00. The van der Waals surface area contributed by atoms with E-state index in [1.807, 2.05) is 12.1 Å². The monoisotopic (exact) mass is 533 g/mol. The number of hydrogen-bond acceptors (Lipinski definition) is 8. The fourth-order valence-electron chi connectivity index (χ4n) is 3.80. The van der Waals surface area contributed by atoms with Crippen LogP contribution in [0.3, 0.4) is 0 Å². The summed E-state index contributed by atoms with van der Waals surface area (Å²) in [5.74, 6) is 0.159. The van der Waals surface area contributed by atoms with Crippen LogP contribution in [-0.2, 0) is 25.1 Å². The van der Waals surface area contributed by atoms with Gasteiger partial charge in [0.1, 0.15) is 29.9 Å². The Balaban J connectivity index is 1.85. The molecule has 3 aromatic heterocycles. The lowest BCUT2D eigenvalue weighted by molar-refractivity contribution is -0.111. The van der Waals surface area contributed by atoms with Crippen LogP contribution < -0.4 is 10.1 Å². The van der Waals surface area contributed by atoms with Gasteiger partial charge in [-0.2, -0.15) is 5.26 Å². The van der Waals surface area contributed by atoms with Crippen molar-refractivity contribution in [2.45, 2.75) is 13.7 Å². The smallest absolute Gasteiger partial charge is 0.473 e. The van der Waals surface area contributed by atoms with Crippen LogP contribution in [0.15, 0.2) is 67.6 Å². The summed E-state index contributed by atoms with van der Waals surface area (Å²) < 4.78 is 29.0. The highest BCUT2D eigenvalue weighted by Crippen LogP contribution is 2.44. The van der Waals surface area contributed by atoms with Crippen molar-refractivity contribution in [3.8, 4) is 34.1 Å². The number of nitriles is 1. The molecule has 194 valence electrons. The zero-order chi connectivity index (χ0) is 27.3. The summed E-state index contributed by atoms with van der Waals surface area (Å²) in [6, 6.07) is 12.6. The normalized spacial score (nSPS) is 12.5. The highest BCUT2D eigenvalue weighted by molar-refractivity contribution is 7.47. The SMILES string of the molecule is C=CC(=O)Nc1cc(OC)cc(-c2cnc3c(c2)c(-c2ccnc(C#N)c2)cn3COP(=O)(O)OCC)c1. The quantitative estimate of drug-likeness (QED) is 0.215. The van der Waals surface area contributed by atoms with Gasteiger partial charge in [0.15, 0.2) is 0 Å². The van der Waals surface area contributed by atoms with Crippen LogP contribution in [0, 0.1) is 11.3 Å². The minimum Gasteiger partial charge on any atom is -0.497 e. The van der Waals surface area contributed by atoms with Gasteiger partial charge < -0.3 is 19.5 Å². The van der Waals surface area contributed by atoms with Crippen molar-refractivity contribution >= 4 is 30.5 Å². The largest absolute Gasteiger partial charge is 0.497 e. The molecule has 1 amide bonds. The summed E-state index contributed by atoms with van der Waals surface area (Å²) in [4.78, 5) is 30.4. The zero-order valence-electron chi connectivity index (χ0n) is 20.6. The summed E-state index contributed by atoms with van der Waals surface area (Å²) in [5.41, 5.74) is 4.04. The van der Waals surface area contributed by atoms with Crippen LogP contribution in [0.4, 0.5) is 5.69 Å². The van der Waals surface area contributed by atoms with Gasteiger partial charge in [0.25, 0.3) is 0 Å². The maximum absolute atomic E-state index is 12.1. The number of phosphoric ester groups is 1. The first-order valence-electron chi connectivity index (χ1n) is 11.4. The number of rotatable bonds is 10. The van der Waals surface area contributed by atoms with Gasteiger partial charge in [-0.3, -0.25) is 13.8 Å². The molecule has 1 atom stereocenters. The molecule has 0 aliphatic heterocycles. The van der Waals surface area contributed by atoms with Crippen molar-refractivity contribution in [1.29, 1.82) is 5.26 Å². The van der Waals surface area contributed by atoms with Crippen LogP contribution >= 0.6 is 7.82 Å². The number of carbonyl (C=O) groups is 1. The van der Waals surface area contributed by atoms with E-state index in [1.165, 1.54) is 19.4 Å². The number of fused-ring (bicyclic) bond motifs is 1. The molecular weight excluding hydrogens is 509 g/mol. The fourth-order valence-corrected chi connectivity index (χ4v) is 4.47. The number of ether oxygens (including phenoxy) is 1. The Hall–Kier alpha value is -4.33. The maximum atomic E-state index is 12.1. The maximum Gasteiger partial charge on any atom is 0.473 e. The number of nitrogens with zero attached hydrogens (tertiary/aromatic N) is 4. The van der Waals surface area contributed by atoms with Gasteiger partial charge in [-0.1, -0.05) is 6.58 Å². The van der Waals surface area contributed by atoms with Gasteiger partial charge >= 0.3 is 7.82 Å². The summed E-state index contributed by atoms with van der Waals surface area (Å²) in [7, 11) is -2.73. The number of methoxy groups -OCH3 is 1. The van der Waals surface area contributed by atoms with Crippen molar-refractivity contribution in [3.63, 3.8) is 0 Å². The molecule has 38 heavy (non-hydrogen) atoms. The summed E-state index contributed by atoms with van der Waals surface area (Å²) in [6.07, 6.45) is 6.04. The van der Waals surface area contributed by atoms with Gasteiger partial charge in [0, 0.05) is 46.9 Å². The zero-order valence-corrected chi connectivity index (χ0v) is 21.5. The van der Waals surface area contributed by atoms with Crippen LogP contribution in [0.1, 0.15) is 12.6 Å². The Morgan fingerprint density at radius 1 is 1.21 bits per heavy atom. The van der Waals surface area contributed by atoms with Crippen LogP contribution in [0.25, 0.3) is 33.3 Å². The number of benzene rings is 1. The molecule has 0 radical (unpaired) electrons. The van der Waals surface area contributed by atoms with E-state index in [9.17, 15) is 19.5 Å². The summed E-state index contributed by atoms with van der Waals surface area (Å²) in [5, 5.41) is 12.7. The minimum absolute atomic E-state index is 0.0107. The molecule has 1 unspecified atom stereocenters. The lowest BCUT2D eigenvalue weighted by Gasteiger charge is -2.12. The van der Waals surface area contributed by atoms with Crippen molar-refractivity contribution in [3.05, 3.63) is 73.3 Å².